The molecule has 1 aliphatic heterocycles. The smallest absolute Gasteiger partial charge is 0.313 e. The quantitative estimate of drug-likeness (QED) is 0.643. The van der Waals surface area contributed by atoms with Crippen LogP contribution >= 0.6 is 0 Å². The van der Waals surface area contributed by atoms with Gasteiger partial charge in [-0.2, -0.15) is 0 Å². The maximum atomic E-state index is 11.6. The Morgan fingerprint density at radius 1 is 1.69 bits per heavy atom. The highest BCUT2D eigenvalue weighted by Crippen LogP contribution is 2.23. The molecule has 1 aliphatic rings. The van der Waals surface area contributed by atoms with Crippen molar-refractivity contribution in [1.82, 2.24) is 0 Å². The summed E-state index contributed by atoms with van der Waals surface area (Å²) in [7, 11) is 0. The highest BCUT2D eigenvalue weighted by molar-refractivity contribution is 5.76. The fourth-order valence-corrected chi connectivity index (χ4v) is 0.948. The Morgan fingerprint density at radius 2 is 2.31 bits per heavy atom. The van der Waals surface area contributed by atoms with E-state index in [1.807, 2.05) is 13.8 Å². The molecule has 1 atom stereocenters. The Hall–Kier alpha value is -0.610. The molecule has 0 aromatic carbocycles. The average molecular weight is 187 g/mol. The highest BCUT2D eigenvalue weighted by Gasteiger charge is 2.34. The Balaban J connectivity index is 2.43. The zero-order valence-corrected chi connectivity index (χ0v) is 8.21. The van der Waals surface area contributed by atoms with E-state index < -0.39 is 5.41 Å². The summed E-state index contributed by atoms with van der Waals surface area (Å²) < 4.78 is 10.1. The molecule has 0 spiro atoms. The summed E-state index contributed by atoms with van der Waals surface area (Å²) >= 11 is 0. The van der Waals surface area contributed by atoms with Crippen LogP contribution in [0.5, 0.6) is 0 Å². The fourth-order valence-electron chi connectivity index (χ4n) is 0.948. The van der Waals surface area contributed by atoms with E-state index in [4.69, 9.17) is 15.2 Å². The van der Waals surface area contributed by atoms with Crippen molar-refractivity contribution in [1.29, 1.82) is 0 Å². The van der Waals surface area contributed by atoms with Gasteiger partial charge >= 0.3 is 5.97 Å². The van der Waals surface area contributed by atoms with E-state index in [1.165, 1.54) is 0 Å². The van der Waals surface area contributed by atoms with Gasteiger partial charge in [-0.15, -0.1) is 0 Å². The van der Waals surface area contributed by atoms with E-state index >= 15 is 0 Å². The Kier molecular flexibility index (Phi) is 3.27. The van der Waals surface area contributed by atoms with Gasteiger partial charge in [-0.05, 0) is 13.3 Å². The highest BCUT2D eigenvalue weighted by atomic mass is 16.6. The van der Waals surface area contributed by atoms with Crippen molar-refractivity contribution < 1.29 is 14.3 Å². The van der Waals surface area contributed by atoms with E-state index in [0.717, 1.165) is 0 Å². The second kappa shape index (κ2) is 4.07. The first kappa shape index (κ1) is 10.5. The van der Waals surface area contributed by atoms with E-state index in [2.05, 4.69) is 0 Å². The van der Waals surface area contributed by atoms with E-state index in [-0.39, 0.29) is 12.1 Å². The lowest BCUT2D eigenvalue weighted by atomic mass is 9.88. The van der Waals surface area contributed by atoms with Gasteiger partial charge in [-0.25, -0.2) is 0 Å². The number of carbonyl (C=O) groups is 1. The molecule has 0 bridgehead atoms. The fraction of sp³-hybridized carbons (Fsp3) is 0.889. The van der Waals surface area contributed by atoms with Crippen molar-refractivity contribution in [2.75, 3.05) is 19.8 Å². The van der Waals surface area contributed by atoms with Gasteiger partial charge < -0.3 is 15.2 Å². The topological polar surface area (TPSA) is 61.6 Å². The summed E-state index contributed by atoms with van der Waals surface area (Å²) in [6.45, 7) is 5.14. The number of hydrogen-bond acceptors (Lipinski definition) is 4. The summed E-state index contributed by atoms with van der Waals surface area (Å²) in [6, 6.07) is 0. The second-order valence-electron chi connectivity index (χ2n) is 3.68. The molecule has 1 fully saturated rings. The Morgan fingerprint density at radius 3 is 2.62 bits per heavy atom. The van der Waals surface area contributed by atoms with Crippen LogP contribution in [-0.2, 0) is 14.3 Å². The van der Waals surface area contributed by atoms with Crippen LogP contribution in [0.25, 0.3) is 0 Å². The van der Waals surface area contributed by atoms with Crippen LogP contribution in [0.3, 0.4) is 0 Å². The molecular formula is C9H17NO3. The molecule has 1 rings (SSSR count). The van der Waals surface area contributed by atoms with E-state index in [9.17, 15) is 4.79 Å². The molecule has 0 saturated carbocycles. The third-order valence-electron chi connectivity index (χ3n) is 2.60. The number of nitrogens with two attached hydrogens (primary N) is 1. The summed E-state index contributed by atoms with van der Waals surface area (Å²) in [5, 5.41) is 0. The van der Waals surface area contributed by atoms with Crippen molar-refractivity contribution in [2.24, 2.45) is 11.1 Å². The standard InChI is InChI=1S/C9H17NO3/c1-3-9(2,6-10)8(11)13-7-4-12-5-7/h7H,3-6,10H2,1-2H3. The molecule has 4 heteroatoms. The predicted molar refractivity (Wildman–Crippen MR) is 48.2 cm³/mol. The maximum absolute atomic E-state index is 11.6. The molecule has 0 amide bonds. The maximum Gasteiger partial charge on any atom is 0.313 e. The number of carbonyl (C=O) groups excluding carboxylic acids is 1. The van der Waals surface area contributed by atoms with Gasteiger partial charge in [0.2, 0.25) is 0 Å². The van der Waals surface area contributed by atoms with Crippen LogP contribution in [0.15, 0.2) is 0 Å². The minimum absolute atomic E-state index is 0.0510. The van der Waals surface area contributed by atoms with Crippen LogP contribution in [0.4, 0.5) is 0 Å². The molecular weight excluding hydrogens is 170 g/mol. The molecule has 0 aliphatic carbocycles. The van der Waals surface area contributed by atoms with Crippen molar-refractivity contribution in [3.05, 3.63) is 0 Å². The largest absolute Gasteiger partial charge is 0.457 e. The van der Waals surface area contributed by atoms with Crippen LogP contribution in [-0.4, -0.2) is 31.8 Å². The first-order valence-electron chi connectivity index (χ1n) is 4.61. The summed E-state index contributed by atoms with van der Waals surface area (Å²) in [5.74, 6) is -0.203. The number of hydrogen-bond donors (Lipinski definition) is 1. The monoisotopic (exact) mass is 187 g/mol. The lowest BCUT2D eigenvalue weighted by Gasteiger charge is -2.31. The van der Waals surface area contributed by atoms with Gasteiger partial charge in [-0.3, -0.25) is 4.79 Å². The van der Waals surface area contributed by atoms with Crippen LogP contribution in [0.1, 0.15) is 20.3 Å². The summed E-state index contributed by atoms with van der Waals surface area (Å²) in [4.78, 5) is 11.6. The number of esters is 1. The SMILES string of the molecule is CCC(C)(CN)C(=O)OC1COC1. The van der Waals surface area contributed by atoms with Crippen molar-refractivity contribution in [2.45, 2.75) is 26.4 Å². The van der Waals surface area contributed by atoms with E-state index in [0.29, 0.717) is 26.2 Å². The van der Waals surface area contributed by atoms with Gasteiger partial charge in [-0.1, -0.05) is 6.92 Å². The van der Waals surface area contributed by atoms with Gasteiger partial charge in [0.1, 0.15) is 6.10 Å². The van der Waals surface area contributed by atoms with Gasteiger partial charge in [0, 0.05) is 6.54 Å². The Bertz CT molecular complexity index is 185. The first-order valence-corrected chi connectivity index (χ1v) is 4.61. The van der Waals surface area contributed by atoms with Crippen LogP contribution in [0.2, 0.25) is 0 Å². The number of ether oxygens (including phenoxy) is 2. The first-order chi connectivity index (χ1) is 6.12. The minimum atomic E-state index is -0.532. The van der Waals surface area contributed by atoms with Crippen molar-refractivity contribution >= 4 is 5.97 Å². The molecule has 13 heavy (non-hydrogen) atoms. The van der Waals surface area contributed by atoms with Crippen LogP contribution < -0.4 is 5.73 Å². The second-order valence-corrected chi connectivity index (χ2v) is 3.68. The van der Waals surface area contributed by atoms with E-state index in [1.54, 1.807) is 0 Å². The number of rotatable bonds is 4. The molecule has 4 nitrogen and oxygen atoms in total. The third-order valence-corrected chi connectivity index (χ3v) is 2.60. The third kappa shape index (κ3) is 2.19. The zero-order valence-electron chi connectivity index (χ0n) is 8.21. The minimum Gasteiger partial charge on any atom is -0.457 e. The van der Waals surface area contributed by atoms with Gasteiger partial charge in [0.15, 0.2) is 0 Å². The van der Waals surface area contributed by atoms with Crippen LogP contribution in [0, 0.1) is 5.41 Å². The molecule has 0 aromatic rings. The predicted octanol–water partition coefficient (Wildman–Crippen LogP) is 0.303. The molecule has 0 aromatic heterocycles. The normalized spacial score (nSPS) is 21.8. The van der Waals surface area contributed by atoms with Gasteiger partial charge in [0.05, 0.1) is 18.6 Å². The molecule has 1 heterocycles. The Labute approximate surface area is 78.4 Å². The zero-order chi connectivity index (χ0) is 9.90. The summed E-state index contributed by atoms with van der Waals surface area (Å²) in [6.07, 6.45) is 0.653. The van der Waals surface area contributed by atoms with Crippen molar-refractivity contribution in [3.8, 4) is 0 Å². The molecule has 1 saturated heterocycles. The molecule has 2 N–H and O–H groups in total. The molecule has 1 unspecified atom stereocenters. The lowest BCUT2D eigenvalue weighted by Crippen LogP contribution is -2.44. The molecule has 0 radical (unpaired) electrons. The van der Waals surface area contributed by atoms with Crippen molar-refractivity contribution in [3.63, 3.8) is 0 Å². The molecule has 76 valence electrons. The average Bonchev–Trinajstić information content (AvgIpc) is 2.09. The summed E-state index contributed by atoms with van der Waals surface area (Å²) in [5.41, 5.74) is 4.99. The lowest BCUT2D eigenvalue weighted by molar-refractivity contribution is -0.182. The van der Waals surface area contributed by atoms with Gasteiger partial charge in [0.25, 0.3) is 0 Å².